The van der Waals surface area contributed by atoms with Gasteiger partial charge in [-0.15, -0.1) is 0 Å². The summed E-state index contributed by atoms with van der Waals surface area (Å²) in [5, 5.41) is 4.65. The molecule has 1 atom stereocenters. The first kappa shape index (κ1) is 15.2. The maximum atomic E-state index is 11.9. The predicted molar refractivity (Wildman–Crippen MR) is 79.2 cm³/mol. The van der Waals surface area contributed by atoms with E-state index >= 15 is 0 Å². The van der Waals surface area contributed by atoms with Gasteiger partial charge in [0.2, 0.25) is 0 Å². The van der Waals surface area contributed by atoms with Gasteiger partial charge in [0.25, 0.3) is 0 Å². The van der Waals surface area contributed by atoms with Crippen LogP contribution in [-0.4, -0.2) is 27.3 Å². The van der Waals surface area contributed by atoms with Gasteiger partial charge in [-0.2, -0.15) is 5.10 Å². The zero-order chi connectivity index (χ0) is 14.9. The third-order valence-corrected chi connectivity index (χ3v) is 4.08. The van der Waals surface area contributed by atoms with Crippen LogP contribution in [0.5, 0.6) is 0 Å². The summed E-state index contributed by atoms with van der Waals surface area (Å²) in [6.07, 6.45) is 3.98. The van der Waals surface area contributed by atoms with E-state index in [0.717, 1.165) is 49.2 Å². The minimum Gasteiger partial charge on any atom is -0.370 e. The fourth-order valence-corrected chi connectivity index (χ4v) is 3.11. The number of nitrogens with zero attached hydrogens (tertiary/aromatic N) is 2. The molecule has 1 fully saturated rings. The van der Waals surface area contributed by atoms with Gasteiger partial charge in [0.05, 0.1) is 29.5 Å². The van der Waals surface area contributed by atoms with Crippen molar-refractivity contribution >= 4 is 5.78 Å². The first-order chi connectivity index (χ1) is 9.38. The average Bonchev–Trinajstić information content (AvgIpc) is 2.89. The summed E-state index contributed by atoms with van der Waals surface area (Å²) in [6, 6.07) is 0. The number of carbonyl (C=O) groups is 1. The monoisotopic (exact) mass is 278 g/mol. The molecule has 1 aromatic rings. The normalized spacial score (nSPS) is 21.4. The lowest BCUT2D eigenvalue weighted by Gasteiger charge is -2.19. The molecule has 1 aromatic heterocycles. The zero-order valence-electron chi connectivity index (χ0n) is 13.3. The summed E-state index contributed by atoms with van der Waals surface area (Å²) < 4.78 is 8.05. The number of aryl methyl sites for hydroxylation is 1. The van der Waals surface area contributed by atoms with Gasteiger partial charge in [-0.05, 0) is 46.5 Å². The number of ether oxygens (including phenoxy) is 1. The van der Waals surface area contributed by atoms with Crippen molar-refractivity contribution in [2.75, 3.05) is 0 Å². The summed E-state index contributed by atoms with van der Waals surface area (Å²) in [6.45, 7) is 10.8. The second-order valence-corrected chi connectivity index (χ2v) is 6.25. The smallest absolute Gasteiger partial charge is 0.163 e. The Morgan fingerprint density at radius 1 is 1.40 bits per heavy atom. The van der Waals surface area contributed by atoms with Crippen molar-refractivity contribution in [3.63, 3.8) is 0 Å². The molecular weight excluding hydrogens is 252 g/mol. The molecule has 2 rings (SSSR count). The number of hydrogen-bond acceptors (Lipinski definition) is 3. The Balaban J connectivity index is 2.26. The Hall–Kier alpha value is -1.16. The lowest BCUT2D eigenvalue weighted by molar-refractivity contribution is -0.0233. The Morgan fingerprint density at radius 2 is 2.10 bits per heavy atom. The quantitative estimate of drug-likeness (QED) is 0.777. The molecule has 0 amide bonds. The van der Waals surface area contributed by atoms with Crippen LogP contribution in [0.3, 0.4) is 0 Å². The fourth-order valence-electron chi connectivity index (χ4n) is 3.11. The van der Waals surface area contributed by atoms with Gasteiger partial charge < -0.3 is 4.74 Å². The molecule has 1 unspecified atom stereocenters. The summed E-state index contributed by atoms with van der Waals surface area (Å²) >= 11 is 0. The molecule has 0 aliphatic carbocycles. The molecule has 0 radical (unpaired) electrons. The van der Waals surface area contributed by atoms with Crippen molar-refractivity contribution in [1.82, 2.24) is 9.78 Å². The van der Waals surface area contributed by atoms with Crippen LogP contribution < -0.4 is 0 Å². The van der Waals surface area contributed by atoms with Gasteiger partial charge >= 0.3 is 0 Å². The Morgan fingerprint density at radius 3 is 2.55 bits per heavy atom. The van der Waals surface area contributed by atoms with E-state index in [2.05, 4.69) is 25.9 Å². The van der Waals surface area contributed by atoms with Crippen molar-refractivity contribution in [3.8, 4) is 0 Å². The summed E-state index contributed by atoms with van der Waals surface area (Å²) in [7, 11) is 0. The first-order valence-electron chi connectivity index (χ1n) is 7.65. The second-order valence-electron chi connectivity index (χ2n) is 6.25. The third kappa shape index (κ3) is 2.95. The van der Waals surface area contributed by atoms with Crippen LogP contribution in [0, 0.1) is 0 Å². The molecule has 0 spiro atoms. The highest BCUT2D eigenvalue weighted by Gasteiger charge is 2.32. The molecule has 20 heavy (non-hydrogen) atoms. The highest BCUT2D eigenvalue weighted by molar-refractivity contribution is 5.96. The number of rotatable bonds is 5. The van der Waals surface area contributed by atoms with Gasteiger partial charge in [-0.3, -0.25) is 9.48 Å². The highest BCUT2D eigenvalue weighted by Crippen LogP contribution is 2.30. The van der Waals surface area contributed by atoms with E-state index in [1.165, 1.54) is 0 Å². The topological polar surface area (TPSA) is 44.1 Å². The van der Waals surface area contributed by atoms with Crippen LogP contribution in [-0.2, 0) is 24.1 Å². The Bertz CT molecular complexity index is 503. The van der Waals surface area contributed by atoms with Gasteiger partial charge in [0.15, 0.2) is 5.78 Å². The molecule has 2 heterocycles. The molecule has 4 nitrogen and oxygen atoms in total. The van der Waals surface area contributed by atoms with Crippen LogP contribution in [0.4, 0.5) is 0 Å². The van der Waals surface area contributed by atoms with E-state index in [1.807, 2.05) is 11.6 Å². The van der Waals surface area contributed by atoms with Gasteiger partial charge in [-0.1, -0.05) is 13.8 Å². The fraction of sp³-hybridized carbons (Fsp3) is 0.750. The van der Waals surface area contributed by atoms with E-state index in [-0.39, 0.29) is 17.5 Å². The van der Waals surface area contributed by atoms with Crippen LogP contribution in [0.1, 0.15) is 69.2 Å². The molecule has 0 bridgehead atoms. The SMILES string of the molecule is CCc1nn(CC2CCC(C)(C)O2)c(CC)c1C(C)=O. The Kier molecular flexibility index (Phi) is 4.33. The maximum absolute atomic E-state index is 11.9. The third-order valence-electron chi connectivity index (χ3n) is 4.08. The average molecular weight is 278 g/mol. The number of ketones is 1. The Labute approximate surface area is 121 Å². The van der Waals surface area contributed by atoms with E-state index in [1.54, 1.807) is 6.92 Å². The second kappa shape index (κ2) is 5.68. The largest absolute Gasteiger partial charge is 0.370 e. The number of Topliss-reactive ketones (excluding diaryl/α,β-unsaturated/α-hetero) is 1. The van der Waals surface area contributed by atoms with Gasteiger partial charge in [0.1, 0.15) is 0 Å². The summed E-state index contributed by atoms with van der Waals surface area (Å²) in [4.78, 5) is 11.9. The van der Waals surface area contributed by atoms with Crippen molar-refractivity contribution < 1.29 is 9.53 Å². The zero-order valence-corrected chi connectivity index (χ0v) is 13.3. The molecule has 1 aliphatic heterocycles. The van der Waals surface area contributed by atoms with Crippen LogP contribution >= 0.6 is 0 Å². The van der Waals surface area contributed by atoms with E-state index in [9.17, 15) is 4.79 Å². The van der Waals surface area contributed by atoms with Crippen molar-refractivity contribution in [3.05, 3.63) is 17.0 Å². The van der Waals surface area contributed by atoms with E-state index in [4.69, 9.17) is 4.74 Å². The lowest BCUT2D eigenvalue weighted by Crippen LogP contribution is -2.24. The van der Waals surface area contributed by atoms with Crippen LogP contribution in [0.2, 0.25) is 0 Å². The minimum absolute atomic E-state index is 0.0266. The summed E-state index contributed by atoms with van der Waals surface area (Å²) in [5.74, 6) is 0.123. The standard InChI is InChI=1S/C16H26N2O2/c1-6-13-15(11(3)19)14(7-2)18(17-13)10-12-8-9-16(4,5)20-12/h12H,6-10H2,1-5H3. The maximum Gasteiger partial charge on any atom is 0.163 e. The van der Waals surface area contributed by atoms with Gasteiger partial charge in [-0.25, -0.2) is 0 Å². The van der Waals surface area contributed by atoms with Crippen molar-refractivity contribution in [2.24, 2.45) is 0 Å². The molecule has 4 heteroatoms. The molecule has 0 saturated carbocycles. The van der Waals surface area contributed by atoms with Crippen molar-refractivity contribution in [2.45, 2.75) is 78.6 Å². The first-order valence-corrected chi connectivity index (χ1v) is 7.65. The van der Waals surface area contributed by atoms with Crippen molar-refractivity contribution in [1.29, 1.82) is 0 Å². The number of carbonyl (C=O) groups excluding carboxylic acids is 1. The minimum atomic E-state index is -0.0266. The molecule has 0 aromatic carbocycles. The highest BCUT2D eigenvalue weighted by atomic mass is 16.5. The van der Waals surface area contributed by atoms with Crippen LogP contribution in [0.25, 0.3) is 0 Å². The molecule has 112 valence electrons. The molecule has 1 aliphatic rings. The van der Waals surface area contributed by atoms with E-state index in [0.29, 0.717) is 0 Å². The molecule has 1 saturated heterocycles. The molecular formula is C16H26N2O2. The summed E-state index contributed by atoms with van der Waals surface area (Å²) in [5.41, 5.74) is 2.78. The van der Waals surface area contributed by atoms with Crippen LogP contribution in [0.15, 0.2) is 0 Å². The number of hydrogen-bond donors (Lipinski definition) is 0. The number of aromatic nitrogens is 2. The van der Waals surface area contributed by atoms with E-state index < -0.39 is 0 Å². The predicted octanol–water partition coefficient (Wildman–Crippen LogP) is 3.17. The molecule has 0 N–H and O–H groups in total. The lowest BCUT2D eigenvalue weighted by atomic mass is 10.0. The van der Waals surface area contributed by atoms with Gasteiger partial charge in [0, 0.05) is 5.69 Å².